The van der Waals surface area contributed by atoms with Gasteiger partial charge in [-0.1, -0.05) is 0 Å². The standard InChI is InChI=1S/C10H13.Bi/c1-3-9-7-5-6-8-10(9)4-2;/h5-7H,3-4H2,1-2H3;. The molecule has 0 heterocycles. The van der Waals surface area contributed by atoms with Crippen molar-refractivity contribution in [1.82, 2.24) is 0 Å². The zero-order valence-corrected chi connectivity index (χ0v) is 10.6. The van der Waals surface area contributed by atoms with Crippen LogP contribution in [0, 0.1) is 0 Å². The second-order valence-electron chi connectivity index (χ2n) is 2.62. The number of hydrogen-bond donors (Lipinski definition) is 0. The topological polar surface area (TPSA) is 0 Å². The Labute approximate surface area is 83.9 Å². The van der Waals surface area contributed by atoms with Gasteiger partial charge in [-0.05, 0) is 0 Å². The first kappa shape index (κ1) is 9.19. The molecule has 0 spiro atoms. The fraction of sp³-hybridized carbons (Fsp3) is 0.400. The molecule has 1 heteroatoms. The summed E-state index contributed by atoms with van der Waals surface area (Å²) in [4.78, 5) is 0. The average Bonchev–Trinajstić information content (AvgIpc) is 2.04. The summed E-state index contributed by atoms with van der Waals surface area (Å²) < 4.78 is 1.55. The molecule has 0 N–H and O–H groups in total. The van der Waals surface area contributed by atoms with Crippen LogP contribution in [0.3, 0.4) is 0 Å². The van der Waals surface area contributed by atoms with E-state index in [1.807, 2.05) is 0 Å². The van der Waals surface area contributed by atoms with Crippen LogP contribution in [0.1, 0.15) is 25.0 Å². The van der Waals surface area contributed by atoms with Gasteiger partial charge in [-0.2, -0.15) is 0 Å². The molecule has 0 aromatic heterocycles. The van der Waals surface area contributed by atoms with Crippen molar-refractivity contribution in [1.29, 1.82) is 0 Å². The summed E-state index contributed by atoms with van der Waals surface area (Å²) in [6.07, 6.45) is 2.37. The Kier molecular flexibility index (Phi) is 3.52. The summed E-state index contributed by atoms with van der Waals surface area (Å²) in [6.45, 7) is 4.47. The van der Waals surface area contributed by atoms with E-state index in [9.17, 15) is 0 Å². The van der Waals surface area contributed by atoms with Crippen molar-refractivity contribution < 1.29 is 0 Å². The maximum atomic E-state index is 2.25. The molecule has 11 heavy (non-hydrogen) atoms. The molecule has 1 aromatic carbocycles. The second-order valence-corrected chi connectivity index (χ2v) is 4.49. The summed E-state index contributed by atoms with van der Waals surface area (Å²) in [7, 11) is 0. The van der Waals surface area contributed by atoms with Gasteiger partial charge >= 0.3 is 84.0 Å². The Hall–Kier alpha value is 0.103. The zero-order valence-electron chi connectivity index (χ0n) is 7.09. The molecule has 1 aromatic rings. The first-order valence-electron chi connectivity index (χ1n) is 4.09. The quantitative estimate of drug-likeness (QED) is 0.717. The second kappa shape index (κ2) is 4.21. The van der Waals surface area contributed by atoms with Gasteiger partial charge in [-0.15, -0.1) is 0 Å². The van der Waals surface area contributed by atoms with Crippen LogP contribution in [-0.2, 0) is 12.8 Å². The van der Waals surface area contributed by atoms with E-state index >= 15 is 0 Å². The number of rotatable bonds is 2. The Bertz CT molecular complexity index is 241. The minimum atomic E-state index is 1.18. The summed E-state index contributed by atoms with van der Waals surface area (Å²) >= 11 is 1.39. The van der Waals surface area contributed by atoms with E-state index in [1.54, 1.807) is 8.83 Å². The molecule has 0 fully saturated rings. The van der Waals surface area contributed by atoms with E-state index in [2.05, 4.69) is 32.0 Å². The zero-order chi connectivity index (χ0) is 8.27. The molecule has 0 amide bonds. The van der Waals surface area contributed by atoms with Crippen molar-refractivity contribution in [3.63, 3.8) is 0 Å². The van der Waals surface area contributed by atoms with Crippen LogP contribution in [0.15, 0.2) is 18.2 Å². The van der Waals surface area contributed by atoms with Crippen molar-refractivity contribution in [2.75, 3.05) is 0 Å². The Balaban J connectivity index is 3.13. The van der Waals surface area contributed by atoms with Gasteiger partial charge in [0.05, 0.1) is 0 Å². The number of aryl methyl sites for hydroxylation is 1. The van der Waals surface area contributed by atoms with Gasteiger partial charge in [0, 0.05) is 0 Å². The molecule has 0 nitrogen and oxygen atoms in total. The van der Waals surface area contributed by atoms with Gasteiger partial charge in [0.1, 0.15) is 0 Å². The van der Waals surface area contributed by atoms with Crippen LogP contribution in [0.4, 0.5) is 0 Å². The molecule has 1 rings (SSSR count). The third-order valence-electron chi connectivity index (χ3n) is 1.98. The first-order valence-corrected chi connectivity index (χ1v) is 5.83. The Morgan fingerprint density at radius 2 is 1.91 bits per heavy atom. The van der Waals surface area contributed by atoms with Crippen LogP contribution >= 0.6 is 0 Å². The van der Waals surface area contributed by atoms with Crippen molar-refractivity contribution in [2.24, 2.45) is 0 Å². The molecule has 0 atom stereocenters. The van der Waals surface area contributed by atoms with Gasteiger partial charge in [0.25, 0.3) is 0 Å². The molecule has 58 valence electrons. The molecular weight excluding hydrogens is 329 g/mol. The van der Waals surface area contributed by atoms with Crippen LogP contribution < -0.4 is 3.27 Å². The number of hydrogen-bond acceptors (Lipinski definition) is 0. The van der Waals surface area contributed by atoms with Gasteiger partial charge in [-0.3, -0.25) is 0 Å². The monoisotopic (exact) mass is 342 g/mol. The van der Waals surface area contributed by atoms with Gasteiger partial charge < -0.3 is 0 Å². The molecule has 0 unspecified atom stereocenters. The first-order chi connectivity index (χ1) is 5.29. The third kappa shape index (κ3) is 2.02. The van der Waals surface area contributed by atoms with Crippen molar-refractivity contribution >= 4 is 28.0 Å². The van der Waals surface area contributed by atoms with Crippen molar-refractivity contribution in [3.8, 4) is 0 Å². The maximum absolute atomic E-state index is 2.25. The van der Waals surface area contributed by atoms with Crippen molar-refractivity contribution in [3.05, 3.63) is 29.3 Å². The van der Waals surface area contributed by atoms with Crippen LogP contribution in [0.2, 0.25) is 0 Å². The minimum absolute atomic E-state index is 1.18. The molecule has 2 radical (unpaired) electrons. The van der Waals surface area contributed by atoms with Gasteiger partial charge in [0.2, 0.25) is 0 Å². The molecular formula is C10H13Bi. The summed E-state index contributed by atoms with van der Waals surface area (Å²) in [5.41, 5.74) is 3.12. The summed E-state index contributed by atoms with van der Waals surface area (Å²) in [5, 5.41) is 0. The molecule has 0 saturated heterocycles. The van der Waals surface area contributed by atoms with E-state index in [4.69, 9.17) is 0 Å². The Morgan fingerprint density at radius 3 is 2.36 bits per heavy atom. The normalized spacial score (nSPS) is 10.1. The van der Waals surface area contributed by atoms with Crippen molar-refractivity contribution in [2.45, 2.75) is 26.7 Å². The number of benzene rings is 1. The summed E-state index contributed by atoms with van der Waals surface area (Å²) in [6, 6.07) is 6.66. The molecule has 0 aliphatic carbocycles. The fourth-order valence-electron chi connectivity index (χ4n) is 1.36. The molecule has 0 bridgehead atoms. The van der Waals surface area contributed by atoms with Gasteiger partial charge in [0.15, 0.2) is 0 Å². The molecule has 0 saturated carbocycles. The average molecular weight is 342 g/mol. The predicted octanol–water partition coefficient (Wildman–Crippen LogP) is 1.61. The van der Waals surface area contributed by atoms with E-state index in [-0.39, 0.29) is 0 Å². The van der Waals surface area contributed by atoms with Crippen LogP contribution in [-0.4, -0.2) is 24.7 Å². The third-order valence-corrected chi connectivity index (χ3v) is 3.61. The fourth-order valence-corrected chi connectivity index (χ4v) is 2.87. The van der Waals surface area contributed by atoms with E-state index < -0.39 is 0 Å². The molecule has 0 aliphatic rings. The SMILES string of the molecule is CCc1ccc[c]([Bi])c1CC. The van der Waals surface area contributed by atoms with E-state index in [1.165, 1.54) is 43.1 Å². The molecule has 0 aliphatic heterocycles. The van der Waals surface area contributed by atoms with Crippen LogP contribution in [0.25, 0.3) is 0 Å². The summed E-state index contributed by atoms with van der Waals surface area (Å²) in [5.74, 6) is 0. The van der Waals surface area contributed by atoms with E-state index in [0.29, 0.717) is 0 Å². The van der Waals surface area contributed by atoms with E-state index in [0.717, 1.165) is 0 Å². The van der Waals surface area contributed by atoms with Gasteiger partial charge in [-0.25, -0.2) is 0 Å². The van der Waals surface area contributed by atoms with Crippen LogP contribution in [0.5, 0.6) is 0 Å². The predicted molar refractivity (Wildman–Crippen MR) is 50.6 cm³/mol. The Morgan fingerprint density at radius 1 is 1.18 bits per heavy atom.